The zero-order chi connectivity index (χ0) is 11.5. The topological polar surface area (TPSA) is 42.2 Å². The van der Waals surface area contributed by atoms with Crippen molar-refractivity contribution in [3.05, 3.63) is 35.0 Å². The number of furan rings is 1. The highest BCUT2D eigenvalue weighted by atomic mass is 35.5. The van der Waals surface area contributed by atoms with Gasteiger partial charge >= 0.3 is 0 Å². The molecule has 2 rings (SSSR count). The summed E-state index contributed by atoms with van der Waals surface area (Å²) in [5, 5.41) is 4.30. The number of amides is 1. The molecule has 1 heterocycles. The summed E-state index contributed by atoms with van der Waals surface area (Å²) in [6, 6.07) is 5.39. The molecule has 1 amide bonds. The highest BCUT2D eigenvalue weighted by molar-refractivity contribution is 6.31. The van der Waals surface area contributed by atoms with E-state index in [9.17, 15) is 4.79 Å². The van der Waals surface area contributed by atoms with E-state index >= 15 is 0 Å². The van der Waals surface area contributed by atoms with Crippen molar-refractivity contribution in [1.82, 2.24) is 5.32 Å². The summed E-state index contributed by atoms with van der Waals surface area (Å²) >= 11 is 5.90. The van der Waals surface area contributed by atoms with Crippen molar-refractivity contribution in [3.63, 3.8) is 0 Å². The van der Waals surface area contributed by atoms with Crippen LogP contribution in [0.2, 0.25) is 5.02 Å². The molecule has 0 aliphatic rings. The Labute approximate surface area is 98.4 Å². The van der Waals surface area contributed by atoms with Crippen LogP contribution >= 0.6 is 11.6 Å². The summed E-state index contributed by atoms with van der Waals surface area (Å²) in [7, 11) is 0. The minimum atomic E-state index is -0.00910. The van der Waals surface area contributed by atoms with Crippen LogP contribution in [0.1, 0.15) is 12.5 Å². The molecule has 1 aromatic heterocycles. The van der Waals surface area contributed by atoms with Gasteiger partial charge in [0.25, 0.3) is 0 Å². The zero-order valence-corrected chi connectivity index (χ0v) is 9.67. The van der Waals surface area contributed by atoms with Gasteiger partial charge in [0.05, 0.1) is 12.7 Å². The lowest BCUT2D eigenvalue weighted by atomic mass is 10.1. The minimum Gasteiger partial charge on any atom is -0.464 e. The molecule has 0 aliphatic heterocycles. The Hall–Kier alpha value is -1.48. The maximum Gasteiger partial charge on any atom is 0.224 e. The van der Waals surface area contributed by atoms with Gasteiger partial charge in [0.15, 0.2) is 0 Å². The summed E-state index contributed by atoms with van der Waals surface area (Å²) < 4.78 is 5.34. The van der Waals surface area contributed by atoms with Crippen molar-refractivity contribution in [3.8, 4) is 0 Å². The normalized spacial score (nSPS) is 10.6. The average molecular weight is 238 g/mol. The van der Waals surface area contributed by atoms with Crippen molar-refractivity contribution in [2.75, 3.05) is 6.54 Å². The monoisotopic (exact) mass is 237 g/mol. The highest BCUT2D eigenvalue weighted by Gasteiger charge is 2.09. The second kappa shape index (κ2) is 4.58. The van der Waals surface area contributed by atoms with Crippen molar-refractivity contribution < 1.29 is 9.21 Å². The second-order valence-electron chi connectivity index (χ2n) is 3.53. The van der Waals surface area contributed by atoms with Crippen LogP contribution < -0.4 is 5.32 Å². The standard InChI is InChI=1S/C12H12ClNO2/c1-2-14-12(15)5-8-7-16-11-4-3-9(13)6-10(8)11/h3-4,6-7H,2,5H2,1H3,(H,14,15). The fourth-order valence-corrected chi connectivity index (χ4v) is 1.80. The lowest BCUT2D eigenvalue weighted by Gasteiger charge is -2.00. The first-order valence-electron chi connectivity index (χ1n) is 5.13. The van der Waals surface area contributed by atoms with Gasteiger partial charge in [-0.05, 0) is 25.1 Å². The zero-order valence-electron chi connectivity index (χ0n) is 8.92. The van der Waals surface area contributed by atoms with Gasteiger partial charge in [-0.1, -0.05) is 11.6 Å². The van der Waals surface area contributed by atoms with E-state index in [2.05, 4.69) is 5.32 Å². The number of nitrogens with one attached hydrogen (secondary N) is 1. The van der Waals surface area contributed by atoms with E-state index in [1.54, 1.807) is 18.4 Å². The Balaban J connectivity index is 2.30. The second-order valence-corrected chi connectivity index (χ2v) is 3.97. The molecule has 84 valence electrons. The molecule has 3 nitrogen and oxygen atoms in total. The van der Waals surface area contributed by atoms with E-state index in [4.69, 9.17) is 16.0 Å². The SMILES string of the molecule is CCNC(=O)Cc1coc2ccc(Cl)cc12. The lowest BCUT2D eigenvalue weighted by molar-refractivity contribution is -0.120. The van der Waals surface area contributed by atoms with E-state index in [1.165, 1.54) is 0 Å². The molecule has 0 saturated carbocycles. The van der Waals surface area contributed by atoms with E-state index in [-0.39, 0.29) is 5.91 Å². The van der Waals surface area contributed by atoms with E-state index in [0.29, 0.717) is 18.0 Å². The Bertz CT molecular complexity index is 519. The first-order chi connectivity index (χ1) is 7.70. The Morgan fingerprint density at radius 1 is 1.50 bits per heavy atom. The number of fused-ring (bicyclic) bond motifs is 1. The van der Waals surface area contributed by atoms with Crippen LogP contribution in [0.4, 0.5) is 0 Å². The summed E-state index contributed by atoms with van der Waals surface area (Å²) in [6.07, 6.45) is 1.93. The van der Waals surface area contributed by atoms with Crippen LogP contribution in [0, 0.1) is 0 Å². The van der Waals surface area contributed by atoms with Gasteiger partial charge in [0.1, 0.15) is 5.58 Å². The Kier molecular flexibility index (Phi) is 3.15. The number of hydrogen-bond acceptors (Lipinski definition) is 2. The van der Waals surface area contributed by atoms with Gasteiger partial charge in [0, 0.05) is 22.5 Å². The summed E-state index contributed by atoms with van der Waals surface area (Å²) in [5.41, 5.74) is 1.62. The lowest BCUT2D eigenvalue weighted by Crippen LogP contribution is -2.24. The number of halogens is 1. The van der Waals surface area contributed by atoms with Gasteiger partial charge < -0.3 is 9.73 Å². The molecule has 1 N–H and O–H groups in total. The summed E-state index contributed by atoms with van der Waals surface area (Å²) in [5.74, 6) is -0.00910. The Morgan fingerprint density at radius 2 is 2.31 bits per heavy atom. The molecule has 4 heteroatoms. The van der Waals surface area contributed by atoms with Crippen molar-refractivity contribution in [1.29, 1.82) is 0 Å². The van der Waals surface area contributed by atoms with Gasteiger partial charge in [-0.15, -0.1) is 0 Å². The van der Waals surface area contributed by atoms with E-state index in [1.807, 2.05) is 13.0 Å². The smallest absolute Gasteiger partial charge is 0.224 e. The third-order valence-electron chi connectivity index (χ3n) is 2.34. The fraction of sp³-hybridized carbons (Fsp3) is 0.250. The third kappa shape index (κ3) is 2.19. The maximum atomic E-state index is 11.5. The first-order valence-corrected chi connectivity index (χ1v) is 5.51. The number of carbonyl (C=O) groups is 1. The summed E-state index contributed by atoms with van der Waals surface area (Å²) in [6.45, 7) is 2.53. The number of carbonyl (C=O) groups excluding carboxylic acids is 1. The predicted octanol–water partition coefficient (Wildman–Crippen LogP) is 2.76. The van der Waals surface area contributed by atoms with Crippen molar-refractivity contribution in [2.24, 2.45) is 0 Å². The maximum absolute atomic E-state index is 11.5. The average Bonchev–Trinajstić information content (AvgIpc) is 2.61. The van der Waals surface area contributed by atoms with Crippen LogP contribution in [-0.4, -0.2) is 12.5 Å². The summed E-state index contributed by atoms with van der Waals surface area (Å²) in [4.78, 5) is 11.5. The molecule has 0 unspecified atom stereocenters. The molecule has 1 aromatic carbocycles. The quantitative estimate of drug-likeness (QED) is 0.892. The van der Waals surface area contributed by atoms with Gasteiger partial charge in [-0.2, -0.15) is 0 Å². The minimum absolute atomic E-state index is 0.00910. The Morgan fingerprint density at radius 3 is 3.06 bits per heavy atom. The van der Waals surface area contributed by atoms with Gasteiger partial charge in [-0.25, -0.2) is 0 Å². The molecule has 16 heavy (non-hydrogen) atoms. The largest absolute Gasteiger partial charge is 0.464 e. The molecule has 0 fully saturated rings. The molecule has 2 aromatic rings. The van der Waals surface area contributed by atoms with Crippen LogP contribution in [0.3, 0.4) is 0 Å². The first kappa shape index (κ1) is 11.0. The van der Waals surface area contributed by atoms with Gasteiger partial charge in [-0.3, -0.25) is 4.79 Å². The van der Waals surface area contributed by atoms with Crippen LogP contribution in [-0.2, 0) is 11.2 Å². The molecule has 0 aliphatic carbocycles. The molecule has 0 spiro atoms. The van der Waals surface area contributed by atoms with Crippen LogP contribution in [0.15, 0.2) is 28.9 Å². The molecular formula is C12H12ClNO2. The van der Waals surface area contributed by atoms with E-state index < -0.39 is 0 Å². The van der Waals surface area contributed by atoms with Crippen molar-refractivity contribution >= 4 is 28.5 Å². The van der Waals surface area contributed by atoms with Crippen LogP contribution in [0.5, 0.6) is 0 Å². The molecule has 0 bridgehead atoms. The molecule has 0 radical (unpaired) electrons. The van der Waals surface area contributed by atoms with E-state index in [0.717, 1.165) is 16.5 Å². The third-order valence-corrected chi connectivity index (χ3v) is 2.58. The number of likely N-dealkylation sites (N-methyl/N-ethyl adjacent to an activating group) is 1. The molecular weight excluding hydrogens is 226 g/mol. The fourth-order valence-electron chi connectivity index (χ4n) is 1.62. The van der Waals surface area contributed by atoms with Gasteiger partial charge in [0.2, 0.25) is 5.91 Å². The highest BCUT2D eigenvalue weighted by Crippen LogP contribution is 2.24. The van der Waals surface area contributed by atoms with Crippen molar-refractivity contribution in [2.45, 2.75) is 13.3 Å². The number of benzene rings is 1. The number of rotatable bonds is 3. The van der Waals surface area contributed by atoms with Crippen LogP contribution in [0.25, 0.3) is 11.0 Å². The predicted molar refractivity (Wildman–Crippen MR) is 63.6 cm³/mol. The molecule has 0 atom stereocenters. The number of hydrogen-bond donors (Lipinski definition) is 1. The molecule has 0 saturated heterocycles.